The van der Waals surface area contributed by atoms with Crippen LogP contribution in [0.15, 0.2) is 35.5 Å². The number of rotatable bonds is 7. The molecule has 9 heteroatoms. The van der Waals surface area contributed by atoms with Crippen LogP contribution in [0.3, 0.4) is 0 Å². The van der Waals surface area contributed by atoms with Gasteiger partial charge in [-0.1, -0.05) is 25.0 Å². The van der Waals surface area contributed by atoms with Gasteiger partial charge in [-0.3, -0.25) is 4.79 Å². The number of ether oxygens (including phenoxy) is 3. The fourth-order valence-electron chi connectivity index (χ4n) is 3.84. The number of hydrogen-bond acceptors (Lipinski definition) is 7. The molecule has 2 amide bonds. The van der Waals surface area contributed by atoms with Crippen LogP contribution in [0.5, 0.6) is 5.75 Å². The Labute approximate surface area is 180 Å². The number of nitrogens with one attached hydrogen (secondary N) is 2. The normalized spacial score (nSPS) is 19.6. The molecule has 1 aliphatic heterocycles. The maximum absolute atomic E-state index is 12.8. The number of benzene rings is 1. The molecule has 2 N–H and O–H groups in total. The molecule has 9 nitrogen and oxygen atoms in total. The standard InChI is InChI=1S/C22H25N3O6/c1-3-30-19(26)17-16(12-31-20(27)22(13-23)10-4-5-11-22)24-21(28)25-18(17)14-6-8-15(29-2)9-7-14/h6-9,18H,3-5,10-12H2,1-2H3,(H2,24,25,28). The SMILES string of the molecule is CCOC(=O)C1=C(COC(=O)C2(C#N)CCCC2)NC(=O)NC1c1ccc(OC)cc1. The number of nitrogens with zero attached hydrogens (tertiary/aromatic N) is 1. The number of methoxy groups -OCH3 is 1. The predicted octanol–water partition coefficient (Wildman–Crippen LogP) is 2.49. The summed E-state index contributed by atoms with van der Waals surface area (Å²) in [6.07, 6.45) is 2.43. The molecule has 1 saturated carbocycles. The average molecular weight is 427 g/mol. The van der Waals surface area contributed by atoms with E-state index in [0.29, 0.717) is 24.2 Å². The Morgan fingerprint density at radius 3 is 2.45 bits per heavy atom. The molecule has 0 aromatic heterocycles. The second-order valence-electron chi connectivity index (χ2n) is 7.39. The molecule has 0 spiro atoms. The van der Waals surface area contributed by atoms with E-state index < -0.39 is 29.4 Å². The molecule has 1 aromatic carbocycles. The van der Waals surface area contributed by atoms with Crippen LogP contribution >= 0.6 is 0 Å². The van der Waals surface area contributed by atoms with Gasteiger partial charge in [0.15, 0.2) is 5.41 Å². The first-order chi connectivity index (χ1) is 14.9. The van der Waals surface area contributed by atoms with E-state index in [1.54, 1.807) is 31.2 Å². The third-order valence-electron chi connectivity index (χ3n) is 5.51. The Hall–Kier alpha value is -3.54. The van der Waals surface area contributed by atoms with E-state index in [-0.39, 0.29) is 24.5 Å². The Morgan fingerprint density at radius 1 is 1.19 bits per heavy atom. The zero-order chi connectivity index (χ0) is 22.4. The summed E-state index contributed by atoms with van der Waals surface area (Å²) < 4.78 is 15.7. The zero-order valence-corrected chi connectivity index (χ0v) is 17.5. The van der Waals surface area contributed by atoms with Crippen molar-refractivity contribution in [2.75, 3.05) is 20.3 Å². The van der Waals surface area contributed by atoms with E-state index in [0.717, 1.165) is 12.8 Å². The van der Waals surface area contributed by atoms with Gasteiger partial charge in [-0.2, -0.15) is 5.26 Å². The highest BCUT2D eigenvalue weighted by Crippen LogP contribution is 2.39. The van der Waals surface area contributed by atoms with Crippen LogP contribution in [0.2, 0.25) is 0 Å². The molecule has 0 saturated heterocycles. The van der Waals surface area contributed by atoms with Crippen LogP contribution in [0.25, 0.3) is 0 Å². The van der Waals surface area contributed by atoms with Gasteiger partial charge in [0.2, 0.25) is 0 Å². The summed E-state index contributed by atoms with van der Waals surface area (Å²) in [6, 6.07) is 7.60. The lowest BCUT2D eigenvalue weighted by molar-refractivity contribution is -0.151. The number of urea groups is 1. The molecule has 1 unspecified atom stereocenters. The van der Waals surface area contributed by atoms with Crippen molar-refractivity contribution in [2.24, 2.45) is 5.41 Å². The second kappa shape index (κ2) is 9.51. The van der Waals surface area contributed by atoms with Crippen LogP contribution in [0, 0.1) is 16.7 Å². The fraction of sp³-hybridized carbons (Fsp3) is 0.455. The predicted molar refractivity (Wildman–Crippen MR) is 109 cm³/mol. The number of amides is 2. The lowest BCUT2D eigenvalue weighted by Gasteiger charge is -2.29. The Kier molecular flexibility index (Phi) is 6.80. The van der Waals surface area contributed by atoms with E-state index in [9.17, 15) is 19.6 Å². The molecule has 1 atom stereocenters. The van der Waals surface area contributed by atoms with Crippen molar-refractivity contribution in [3.8, 4) is 11.8 Å². The molecule has 3 rings (SSSR count). The highest BCUT2D eigenvalue weighted by Gasteiger charge is 2.43. The van der Waals surface area contributed by atoms with Crippen molar-refractivity contribution in [1.29, 1.82) is 5.26 Å². The summed E-state index contributed by atoms with van der Waals surface area (Å²) >= 11 is 0. The third-order valence-corrected chi connectivity index (χ3v) is 5.51. The van der Waals surface area contributed by atoms with E-state index in [1.165, 1.54) is 7.11 Å². The minimum absolute atomic E-state index is 0.127. The van der Waals surface area contributed by atoms with Gasteiger partial charge in [0.1, 0.15) is 12.4 Å². The van der Waals surface area contributed by atoms with Crippen LogP contribution in [0.4, 0.5) is 4.79 Å². The first-order valence-corrected chi connectivity index (χ1v) is 10.1. The summed E-state index contributed by atoms with van der Waals surface area (Å²) in [7, 11) is 1.54. The number of hydrogen-bond donors (Lipinski definition) is 2. The Morgan fingerprint density at radius 2 is 1.87 bits per heavy atom. The largest absolute Gasteiger partial charge is 0.497 e. The van der Waals surface area contributed by atoms with Crippen LogP contribution in [-0.2, 0) is 19.1 Å². The number of carbonyl (C=O) groups is 3. The molecule has 2 aliphatic rings. The highest BCUT2D eigenvalue weighted by atomic mass is 16.5. The quantitative estimate of drug-likeness (QED) is 0.640. The smallest absolute Gasteiger partial charge is 0.338 e. The summed E-state index contributed by atoms with van der Waals surface area (Å²) in [4.78, 5) is 37.7. The van der Waals surface area contributed by atoms with Crippen molar-refractivity contribution >= 4 is 18.0 Å². The topological polar surface area (TPSA) is 127 Å². The van der Waals surface area contributed by atoms with E-state index in [1.807, 2.05) is 0 Å². The number of nitriles is 1. The summed E-state index contributed by atoms with van der Waals surface area (Å²) in [6.45, 7) is 1.46. The lowest BCUT2D eigenvalue weighted by Crippen LogP contribution is -2.47. The maximum atomic E-state index is 12.8. The Bertz CT molecular complexity index is 926. The molecule has 0 radical (unpaired) electrons. The van der Waals surface area contributed by atoms with Crippen molar-refractivity contribution in [2.45, 2.75) is 38.6 Å². The van der Waals surface area contributed by atoms with Gasteiger partial charge in [-0.25, -0.2) is 9.59 Å². The molecule has 164 valence electrons. The fourth-order valence-corrected chi connectivity index (χ4v) is 3.84. The minimum atomic E-state index is -1.17. The van der Waals surface area contributed by atoms with Gasteiger partial charge in [-0.15, -0.1) is 0 Å². The van der Waals surface area contributed by atoms with Gasteiger partial charge in [-0.05, 0) is 37.5 Å². The van der Waals surface area contributed by atoms with Gasteiger partial charge in [0, 0.05) is 0 Å². The number of esters is 2. The zero-order valence-electron chi connectivity index (χ0n) is 17.5. The molecule has 1 heterocycles. The molecule has 0 bridgehead atoms. The highest BCUT2D eigenvalue weighted by molar-refractivity contribution is 5.95. The number of carbonyl (C=O) groups excluding carboxylic acids is 3. The van der Waals surface area contributed by atoms with Crippen LogP contribution < -0.4 is 15.4 Å². The van der Waals surface area contributed by atoms with Crippen LogP contribution in [-0.4, -0.2) is 38.3 Å². The first-order valence-electron chi connectivity index (χ1n) is 10.1. The second-order valence-corrected chi connectivity index (χ2v) is 7.39. The van der Waals surface area contributed by atoms with Gasteiger partial charge in [0.25, 0.3) is 0 Å². The van der Waals surface area contributed by atoms with Crippen LogP contribution in [0.1, 0.15) is 44.2 Å². The van der Waals surface area contributed by atoms with Crippen molar-refractivity contribution in [3.63, 3.8) is 0 Å². The maximum Gasteiger partial charge on any atom is 0.338 e. The summed E-state index contributed by atoms with van der Waals surface area (Å²) in [5.74, 6) is -0.659. The van der Waals surface area contributed by atoms with Crippen molar-refractivity contribution in [3.05, 3.63) is 41.1 Å². The summed E-state index contributed by atoms with van der Waals surface area (Å²) in [5, 5.41) is 14.7. The van der Waals surface area contributed by atoms with Crippen molar-refractivity contribution in [1.82, 2.24) is 10.6 Å². The van der Waals surface area contributed by atoms with Gasteiger partial charge in [0.05, 0.1) is 37.1 Å². The molecule has 1 fully saturated rings. The third kappa shape index (κ3) is 4.63. The first kappa shape index (κ1) is 22.2. The van der Waals surface area contributed by atoms with Crippen molar-refractivity contribution < 1.29 is 28.6 Å². The average Bonchev–Trinajstić information content (AvgIpc) is 3.27. The van der Waals surface area contributed by atoms with Gasteiger partial charge < -0.3 is 24.8 Å². The molecule has 1 aliphatic carbocycles. The van der Waals surface area contributed by atoms with E-state index in [2.05, 4.69) is 16.7 Å². The molecular formula is C22H25N3O6. The Balaban J connectivity index is 1.91. The van der Waals surface area contributed by atoms with Gasteiger partial charge >= 0.3 is 18.0 Å². The minimum Gasteiger partial charge on any atom is -0.497 e. The van der Waals surface area contributed by atoms with E-state index >= 15 is 0 Å². The molecule has 31 heavy (non-hydrogen) atoms. The lowest BCUT2D eigenvalue weighted by atomic mass is 9.88. The molecule has 1 aromatic rings. The molecular weight excluding hydrogens is 402 g/mol. The van der Waals surface area contributed by atoms with E-state index in [4.69, 9.17) is 14.2 Å². The monoisotopic (exact) mass is 427 g/mol. The summed E-state index contributed by atoms with van der Waals surface area (Å²) in [5.41, 5.74) is -0.275.